The van der Waals surface area contributed by atoms with Gasteiger partial charge in [-0.3, -0.25) is 0 Å². The minimum atomic E-state index is 0.0145. The molecule has 1 aromatic heterocycles. The van der Waals surface area contributed by atoms with Crippen LogP contribution in [0, 0.1) is 0 Å². The summed E-state index contributed by atoms with van der Waals surface area (Å²) < 4.78 is 5.88. The quantitative estimate of drug-likeness (QED) is 0.887. The zero-order valence-electron chi connectivity index (χ0n) is 12.0. The number of rotatable bonds is 5. The Kier molecular flexibility index (Phi) is 5.16. The fraction of sp³-hybridized carbons (Fsp3) is 0.667. The molecule has 1 fully saturated rings. The largest absolute Gasteiger partial charge is 0.376 e. The normalized spacial score (nSPS) is 21.4. The van der Waals surface area contributed by atoms with Gasteiger partial charge in [0.1, 0.15) is 5.82 Å². The molecule has 2 atom stereocenters. The predicted octanol–water partition coefficient (Wildman–Crippen LogP) is 2.50. The molecule has 106 valence electrons. The molecule has 4 heteroatoms. The van der Waals surface area contributed by atoms with Gasteiger partial charge >= 0.3 is 0 Å². The third kappa shape index (κ3) is 3.67. The van der Waals surface area contributed by atoms with Crippen molar-refractivity contribution in [1.29, 1.82) is 0 Å². The molecule has 2 heterocycles. The minimum Gasteiger partial charge on any atom is -0.376 e. The maximum Gasteiger partial charge on any atom is 0.133 e. The van der Waals surface area contributed by atoms with E-state index in [1.807, 2.05) is 19.2 Å². The molecule has 0 spiro atoms. The lowest BCUT2D eigenvalue weighted by Gasteiger charge is -2.34. The number of hydrogen-bond donors (Lipinski definition) is 1. The fourth-order valence-electron chi connectivity index (χ4n) is 2.58. The van der Waals surface area contributed by atoms with E-state index in [9.17, 15) is 0 Å². The molecule has 2 rings (SSSR count). The maximum atomic E-state index is 6.04. The number of nitrogens with two attached hydrogens (primary N) is 1. The lowest BCUT2D eigenvalue weighted by molar-refractivity contribution is 0.0439. The highest BCUT2D eigenvalue weighted by molar-refractivity contribution is 5.48. The molecule has 0 saturated carbocycles. The van der Waals surface area contributed by atoms with Gasteiger partial charge in [0.25, 0.3) is 0 Å². The highest BCUT2D eigenvalue weighted by Gasteiger charge is 2.23. The zero-order valence-corrected chi connectivity index (χ0v) is 12.0. The van der Waals surface area contributed by atoms with Gasteiger partial charge in [0.15, 0.2) is 0 Å². The lowest BCUT2D eigenvalue weighted by Crippen LogP contribution is -2.41. The summed E-state index contributed by atoms with van der Waals surface area (Å²) in [7, 11) is 0. The van der Waals surface area contributed by atoms with Crippen molar-refractivity contribution in [2.45, 2.75) is 45.3 Å². The van der Waals surface area contributed by atoms with E-state index in [2.05, 4.69) is 22.9 Å². The summed E-state index contributed by atoms with van der Waals surface area (Å²) in [6.07, 6.45) is 5.56. The van der Waals surface area contributed by atoms with Crippen LogP contribution in [0.3, 0.4) is 0 Å². The number of hydrogen-bond acceptors (Lipinski definition) is 4. The van der Waals surface area contributed by atoms with Crippen LogP contribution in [0.5, 0.6) is 0 Å². The molecule has 19 heavy (non-hydrogen) atoms. The van der Waals surface area contributed by atoms with Crippen molar-refractivity contribution in [2.24, 2.45) is 5.73 Å². The van der Waals surface area contributed by atoms with Crippen LogP contribution in [0.4, 0.5) is 5.82 Å². The molecular weight excluding hydrogens is 238 g/mol. The van der Waals surface area contributed by atoms with Crippen LogP contribution >= 0.6 is 0 Å². The molecule has 0 radical (unpaired) electrons. The Balaban J connectivity index is 2.08. The molecule has 2 unspecified atom stereocenters. The Labute approximate surface area is 116 Å². The van der Waals surface area contributed by atoms with Crippen molar-refractivity contribution < 1.29 is 4.74 Å². The molecule has 1 saturated heterocycles. The van der Waals surface area contributed by atoms with Crippen LogP contribution in [0.2, 0.25) is 0 Å². The van der Waals surface area contributed by atoms with Crippen molar-refractivity contribution in [3.63, 3.8) is 0 Å². The molecule has 4 nitrogen and oxygen atoms in total. The van der Waals surface area contributed by atoms with Gasteiger partial charge in [-0.15, -0.1) is 0 Å². The van der Waals surface area contributed by atoms with Crippen LogP contribution < -0.4 is 10.6 Å². The third-order valence-corrected chi connectivity index (χ3v) is 3.54. The first-order chi connectivity index (χ1) is 9.22. The number of piperidine rings is 1. The van der Waals surface area contributed by atoms with Gasteiger partial charge in [0.2, 0.25) is 0 Å². The van der Waals surface area contributed by atoms with E-state index in [4.69, 9.17) is 10.5 Å². The van der Waals surface area contributed by atoms with Crippen molar-refractivity contribution in [2.75, 3.05) is 24.6 Å². The molecule has 1 aliphatic heterocycles. The van der Waals surface area contributed by atoms with E-state index in [0.29, 0.717) is 6.10 Å². The van der Waals surface area contributed by atoms with Crippen LogP contribution in [-0.2, 0) is 4.74 Å². The zero-order chi connectivity index (χ0) is 13.7. The smallest absolute Gasteiger partial charge is 0.133 e. The molecule has 0 amide bonds. The second kappa shape index (κ2) is 6.87. The fourth-order valence-corrected chi connectivity index (χ4v) is 2.58. The van der Waals surface area contributed by atoms with Crippen LogP contribution in [-0.4, -0.2) is 30.8 Å². The average molecular weight is 263 g/mol. The summed E-state index contributed by atoms with van der Waals surface area (Å²) in [5, 5.41) is 0. The summed E-state index contributed by atoms with van der Waals surface area (Å²) in [6, 6.07) is 4.04. The molecule has 0 aromatic carbocycles. The Hall–Kier alpha value is -1.13. The van der Waals surface area contributed by atoms with E-state index in [1.165, 1.54) is 0 Å². The SMILES string of the molecule is CCCOC1CCCN(c2ncccc2C(C)N)C1. The van der Waals surface area contributed by atoms with Gasteiger partial charge in [-0.05, 0) is 32.3 Å². The van der Waals surface area contributed by atoms with Gasteiger partial charge in [0.05, 0.1) is 6.10 Å². The van der Waals surface area contributed by atoms with Gasteiger partial charge in [-0.25, -0.2) is 4.98 Å². The Bertz CT molecular complexity index is 395. The first-order valence-corrected chi connectivity index (χ1v) is 7.29. The number of aromatic nitrogens is 1. The highest BCUT2D eigenvalue weighted by atomic mass is 16.5. The average Bonchev–Trinajstić information content (AvgIpc) is 2.45. The van der Waals surface area contributed by atoms with Crippen LogP contribution in [0.15, 0.2) is 18.3 Å². The van der Waals surface area contributed by atoms with Gasteiger partial charge in [0, 0.05) is 37.5 Å². The Morgan fingerprint density at radius 3 is 3.16 bits per heavy atom. The number of ether oxygens (including phenoxy) is 1. The Morgan fingerprint density at radius 2 is 2.42 bits per heavy atom. The molecule has 2 N–H and O–H groups in total. The van der Waals surface area contributed by atoms with E-state index >= 15 is 0 Å². The maximum absolute atomic E-state index is 6.04. The minimum absolute atomic E-state index is 0.0145. The van der Waals surface area contributed by atoms with Crippen LogP contribution in [0.25, 0.3) is 0 Å². The van der Waals surface area contributed by atoms with E-state index in [1.54, 1.807) is 0 Å². The number of pyridine rings is 1. The van der Waals surface area contributed by atoms with Gasteiger partial charge < -0.3 is 15.4 Å². The van der Waals surface area contributed by atoms with Crippen LogP contribution in [0.1, 0.15) is 44.7 Å². The lowest BCUT2D eigenvalue weighted by atomic mass is 10.1. The standard InChI is InChI=1S/C15H25N3O/c1-3-10-19-13-6-5-9-18(11-13)15-14(12(2)16)7-4-8-17-15/h4,7-8,12-13H,3,5-6,9-11,16H2,1-2H3. The van der Waals surface area contributed by atoms with E-state index in [0.717, 1.165) is 50.3 Å². The topological polar surface area (TPSA) is 51.4 Å². The van der Waals surface area contributed by atoms with Crippen molar-refractivity contribution in [3.05, 3.63) is 23.9 Å². The van der Waals surface area contributed by atoms with E-state index < -0.39 is 0 Å². The van der Waals surface area contributed by atoms with E-state index in [-0.39, 0.29) is 6.04 Å². The van der Waals surface area contributed by atoms with Gasteiger partial charge in [-0.2, -0.15) is 0 Å². The monoisotopic (exact) mass is 263 g/mol. The summed E-state index contributed by atoms with van der Waals surface area (Å²) in [6.45, 7) is 6.98. The predicted molar refractivity (Wildman–Crippen MR) is 78.3 cm³/mol. The second-order valence-corrected chi connectivity index (χ2v) is 5.29. The van der Waals surface area contributed by atoms with Crippen molar-refractivity contribution >= 4 is 5.82 Å². The van der Waals surface area contributed by atoms with Crippen molar-refractivity contribution in [1.82, 2.24) is 4.98 Å². The first kappa shape index (κ1) is 14.3. The van der Waals surface area contributed by atoms with Crippen molar-refractivity contribution in [3.8, 4) is 0 Å². The second-order valence-electron chi connectivity index (χ2n) is 5.29. The first-order valence-electron chi connectivity index (χ1n) is 7.29. The summed E-state index contributed by atoms with van der Waals surface area (Å²) >= 11 is 0. The summed E-state index contributed by atoms with van der Waals surface area (Å²) in [4.78, 5) is 6.85. The van der Waals surface area contributed by atoms with Gasteiger partial charge in [-0.1, -0.05) is 13.0 Å². The number of anilines is 1. The molecule has 0 aliphatic carbocycles. The summed E-state index contributed by atoms with van der Waals surface area (Å²) in [5.41, 5.74) is 7.16. The molecular formula is C15H25N3O. The molecule has 1 aromatic rings. The molecule has 1 aliphatic rings. The Morgan fingerprint density at radius 1 is 1.58 bits per heavy atom. The highest BCUT2D eigenvalue weighted by Crippen LogP contribution is 2.26. The summed E-state index contributed by atoms with van der Waals surface area (Å²) in [5.74, 6) is 1.03. The molecule has 0 bridgehead atoms. The number of nitrogens with zero attached hydrogens (tertiary/aromatic N) is 2. The third-order valence-electron chi connectivity index (χ3n) is 3.54.